The Morgan fingerprint density at radius 3 is 2.73 bits per heavy atom. The third-order valence-electron chi connectivity index (χ3n) is 2.12. The van der Waals surface area contributed by atoms with E-state index in [0.717, 1.165) is 14.5 Å². The summed E-state index contributed by atoms with van der Waals surface area (Å²) in [6.45, 7) is 2.74. The Kier molecular flexibility index (Phi) is 5.05. The first-order valence-corrected chi connectivity index (χ1v) is 6.21. The van der Waals surface area contributed by atoms with Crippen molar-refractivity contribution in [1.82, 2.24) is 5.32 Å². The summed E-state index contributed by atoms with van der Waals surface area (Å²) in [4.78, 5) is 0. The molecule has 0 aliphatic heterocycles. The van der Waals surface area contributed by atoms with Gasteiger partial charge in [-0.25, -0.2) is 0 Å². The maximum absolute atomic E-state index is 8.87. The topological polar surface area (TPSA) is 58.3 Å². The van der Waals surface area contributed by atoms with E-state index in [1.807, 2.05) is 19.1 Å². The zero-order chi connectivity index (χ0) is 11.4. The maximum atomic E-state index is 8.87. The number of hydrogen-bond acceptors (Lipinski definition) is 3. The molecule has 1 atom stereocenters. The highest BCUT2D eigenvalue weighted by atomic mass is 79.9. The average Bonchev–Trinajstić information content (AvgIpc) is 2.24. The molecule has 0 aliphatic carbocycles. The van der Waals surface area contributed by atoms with Crippen molar-refractivity contribution >= 4 is 37.5 Å². The fourth-order valence-electron chi connectivity index (χ4n) is 1.10. The van der Waals surface area contributed by atoms with Crippen molar-refractivity contribution in [2.75, 3.05) is 12.3 Å². The Morgan fingerprint density at radius 1 is 1.47 bits per heavy atom. The lowest BCUT2D eigenvalue weighted by molar-refractivity contribution is 0.251. The number of rotatable bonds is 4. The summed E-state index contributed by atoms with van der Waals surface area (Å²) in [6, 6.07) is 3.99. The first kappa shape index (κ1) is 13.0. The molecule has 0 aliphatic rings. The second-order valence-electron chi connectivity index (χ2n) is 3.40. The zero-order valence-electron chi connectivity index (χ0n) is 8.43. The van der Waals surface area contributed by atoms with Gasteiger partial charge in [0.15, 0.2) is 0 Å². The summed E-state index contributed by atoms with van der Waals surface area (Å²) in [7, 11) is 0. The van der Waals surface area contributed by atoms with Crippen LogP contribution in [0, 0.1) is 0 Å². The number of benzene rings is 1. The molecule has 0 fully saturated rings. The molecule has 0 saturated carbocycles. The van der Waals surface area contributed by atoms with Crippen molar-refractivity contribution in [3.05, 3.63) is 26.6 Å². The first-order valence-electron chi connectivity index (χ1n) is 4.62. The van der Waals surface area contributed by atoms with E-state index in [1.54, 1.807) is 0 Å². The minimum Gasteiger partial charge on any atom is -0.397 e. The van der Waals surface area contributed by atoms with Crippen molar-refractivity contribution in [3.63, 3.8) is 0 Å². The van der Waals surface area contributed by atoms with Gasteiger partial charge in [0.1, 0.15) is 0 Å². The van der Waals surface area contributed by atoms with Gasteiger partial charge in [0.05, 0.1) is 12.3 Å². The Hall–Kier alpha value is -0.100. The number of hydrogen-bond donors (Lipinski definition) is 3. The minimum atomic E-state index is 0.0850. The van der Waals surface area contributed by atoms with Gasteiger partial charge in [-0.3, -0.25) is 0 Å². The van der Waals surface area contributed by atoms with Crippen LogP contribution in [-0.4, -0.2) is 17.8 Å². The molecule has 0 heterocycles. The quantitative estimate of drug-likeness (QED) is 0.739. The summed E-state index contributed by atoms with van der Waals surface area (Å²) in [6.07, 6.45) is 0. The third kappa shape index (κ3) is 3.45. The summed E-state index contributed by atoms with van der Waals surface area (Å²) in [5.41, 5.74) is 7.63. The molecule has 3 nitrogen and oxygen atoms in total. The zero-order valence-corrected chi connectivity index (χ0v) is 11.6. The molecule has 0 amide bonds. The van der Waals surface area contributed by atoms with E-state index in [0.29, 0.717) is 12.2 Å². The molecule has 1 unspecified atom stereocenters. The highest BCUT2D eigenvalue weighted by molar-refractivity contribution is 9.11. The SMILES string of the molecule is CC(CO)NCc1ccc(Br)c(N)c1Br. The average molecular weight is 338 g/mol. The Bertz CT molecular complexity index is 344. The van der Waals surface area contributed by atoms with Crippen LogP contribution in [0.25, 0.3) is 0 Å². The van der Waals surface area contributed by atoms with E-state index < -0.39 is 0 Å². The third-order valence-corrected chi connectivity index (χ3v) is 3.75. The van der Waals surface area contributed by atoms with Crippen LogP contribution >= 0.6 is 31.9 Å². The predicted molar refractivity (Wildman–Crippen MR) is 69.6 cm³/mol. The summed E-state index contributed by atoms with van der Waals surface area (Å²) >= 11 is 6.80. The largest absolute Gasteiger partial charge is 0.397 e. The molecule has 0 saturated heterocycles. The van der Waals surface area contributed by atoms with Crippen molar-refractivity contribution in [1.29, 1.82) is 0 Å². The molecule has 0 radical (unpaired) electrons. The van der Waals surface area contributed by atoms with Gasteiger partial charge in [0, 0.05) is 21.5 Å². The number of halogens is 2. The Labute approximate surface area is 106 Å². The maximum Gasteiger partial charge on any atom is 0.0606 e. The number of aliphatic hydroxyl groups is 1. The monoisotopic (exact) mass is 336 g/mol. The van der Waals surface area contributed by atoms with Crippen molar-refractivity contribution < 1.29 is 5.11 Å². The van der Waals surface area contributed by atoms with Crippen LogP contribution in [-0.2, 0) is 6.54 Å². The number of nitrogen functional groups attached to an aromatic ring is 1. The fourth-order valence-corrected chi connectivity index (χ4v) is 2.18. The molecule has 1 rings (SSSR count). The molecule has 5 heteroatoms. The second-order valence-corrected chi connectivity index (χ2v) is 5.05. The van der Waals surface area contributed by atoms with Crippen LogP contribution in [0.4, 0.5) is 5.69 Å². The molecule has 1 aromatic rings. The molecule has 0 spiro atoms. The molecular formula is C10H14Br2N2O. The molecule has 0 bridgehead atoms. The van der Waals surface area contributed by atoms with Crippen LogP contribution in [0.3, 0.4) is 0 Å². The van der Waals surface area contributed by atoms with Gasteiger partial charge in [-0.2, -0.15) is 0 Å². The second kappa shape index (κ2) is 5.84. The van der Waals surface area contributed by atoms with Gasteiger partial charge >= 0.3 is 0 Å². The van der Waals surface area contributed by atoms with Crippen LogP contribution in [0.15, 0.2) is 21.1 Å². The fraction of sp³-hybridized carbons (Fsp3) is 0.400. The van der Waals surface area contributed by atoms with Gasteiger partial charge < -0.3 is 16.2 Å². The van der Waals surface area contributed by atoms with Crippen molar-refractivity contribution in [2.24, 2.45) is 0 Å². The lowest BCUT2D eigenvalue weighted by atomic mass is 10.2. The molecule has 1 aromatic carbocycles. The van der Waals surface area contributed by atoms with Crippen LogP contribution < -0.4 is 11.1 Å². The van der Waals surface area contributed by atoms with Gasteiger partial charge in [0.2, 0.25) is 0 Å². The van der Waals surface area contributed by atoms with Crippen molar-refractivity contribution in [2.45, 2.75) is 19.5 Å². The standard InChI is InChI=1S/C10H14Br2N2O/c1-6(5-15)14-4-7-2-3-8(11)10(13)9(7)12/h2-3,6,14-15H,4-5,13H2,1H3. The highest BCUT2D eigenvalue weighted by Crippen LogP contribution is 2.31. The number of nitrogens with one attached hydrogen (secondary N) is 1. The van der Waals surface area contributed by atoms with Gasteiger partial charge in [-0.1, -0.05) is 6.07 Å². The van der Waals surface area contributed by atoms with E-state index in [9.17, 15) is 0 Å². The van der Waals surface area contributed by atoms with Crippen LogP contribution in [0.5, 0.6) is 0 Å². The normalized spacial score (nSPS) is 12.8. The van der Waals surface area contributed by atoms with E-state index in [4.69, 9.17) is 10.8 Å². The molecule has 15 heavy (non-hydrogen) atoms. The van der Waals surface area contributed by atoms with Gasteiger partial charge in [-0.15, -0.1) is 0 Å². The number of aliphatic hydroxyl groups excluding tert-OH is 1. The van der Waals surface area contributed by atoms with Crippen LogP contribution in [0.2, 0.25) is 0 Å². The van der Waals surface area contributed by atoms with Crippen molar-refractivity contribution in [3.8, 4) is 0 Å². The first-order chi connectivity index (χ1) is 7.06. The Morgan fingerprint density at radius 2 is 2.13 bits per heavy atom. The number of nitrogens with two attached hydrogens (primary N) is 1. The predicted octanol–water partition coefficient (Wildman–Crippen LogP) is 2.26. The van der Waals surface area contributed by atoms with E-state index in [1.165, 1.54) is 0 Å². The van der Waals surface area contributed by atoms with E-state index in [-0.39, 0.29) is 12.6 Å². The summed E-state index contributed by atoms with van der Waals surface area (Å²) < 4.78 is 1.78. The molecular weight excluding hydrogens is 324 g/mol. The van der Waals surface area contributed by atoms with Crippen LogP contribution in [0.1, 0.15) is 12.5 Å². The minimum absolute atomic E-state index is 0.0850. The Balaban J connectivity index is 2.74. The highest BCUT2D eigenvalue weighted by Gasteiger charge is 2.07. The molecule has 84 valence electrons. The lowest BCUT2D eigenvalue weighted by Crippen LogP contribution is -2.28. The lowest BCUT2D eigenvalue weighted by Gasteiger charge is -2.13. The van der Waals surface area contributed by atoms with E-state index >= 15 is 0 Å². The van der Waals surface area contributed by atoms with Gasteiger partial charge in [0.25, 0.3) is 0 Å². The molecule has 4 N–H and O–H groups in total. The number of anilines is 1. The summed E-state index contributed by atoms with van der Waals surface area (Å²) in [5, 5.41) is 12.1. The molecule has 0 aromatic heterocycles. The smallest absolute Gasteiger partial charge is 0.0606 e. The van der Waals surface area contributed by atoms with Gasteiger partial charge in [-0.05, 0) is 50.4 Å². The van der Waals surface area contributed by atoms with E-state index in [2.05, 4.69) is 37.2 Å². The summed E-state index contributed by atoms with van der Waals surface area (Å²) in [5.74, 6) is 0.